The van der Waals surface area contributed by atoms with Crippen molar-refractivity contribution in [1.82, 2.24) is 5.32 Å². The van der Waals surface area contributed by atoms with Crippen LogP contribution in [0, 0.1) is 6.92 Å². The van der Waals surface area contributed by atoms with Crippen molar-refractivity contribution in [3.63, 3.8) is 0 Å². The molecule has 3 nitrogen and oxygen atoms in total. The van der Waals surface area contributed by atoms with Crippen LogP contribution in [-0.4, -0.2) is 24.7 Å². The Kier molecular flexibility index (Phi) is 6.29. The zero-order valence-electron chi connectivity index (χ0n) is 14.5. The highest BCUT2D eigenvalue weighted by atomic mass is 35.5. The highest BCUT2D eigenvalue weighted by molar-refractivity contribution is 7.80. The summed E-state index contributed by atoms with van der Waals surface area (Å²) >= 11 is 12.0. The Bertz CT molecular complexity index is 728. The van der Waals surface area contributed by atoms with Crippen LogP contribution < -0.4 is 15.5 Å². The van der Waals surface area contributed by atoms with Crippen molar-refractivity contribution in [1.29, 1.82) is 0 Å². The van der Waals surface area contributed by atoms with Gasteiger partial charge in [0.1, 0.15) is 6.04 Å². The molecule has 0 amide bonds. The topological polar surface area (TPSA) is 28.5 Å². The predicted molar refractivity (Wildman–Crippen MR) is 110 cm³/mol. The second kappa shape index (κ2) is 8.65. The van der Waals surface area contributed by atoms with E-state index >= 15 is 0 Å². The molecule has 0 spiro atoms. The minimum absolute atomic E-state index is 0.313. The maximum absolute atomic E-state index is 6.47. The molecule has 1 heterocycles. The lowest BCUT2D eigenvalue weighted by Gasteiger charge is -2.26. The van der Waals surface area contributed by atoms with Gasteiger partial charge < -0.3 is 15.5 Å². The first-order valence-corrected chi connectivity index (χ1v) is 9.62. The van der Waals surface area contributed by atoms with E-state index in [4.69, 9.17) is 23.8 Å². The molecule has 2 aromatic rings. The Balaban J connectivity index is 1.66. The van der Waals surface area contributed by atoms with Gasteiger partial charge in [-0.2, -0.15) is 0 Å². The lowest BCUT2D eigenvalue weighted by Crippen LogP contribution is -3.11. The number of likely N-dealkylation sites (tertiary alicyclic amines) is 1. The van der Waals surface area contributed by atoms with Gasteiger partial charge in [0.25, 0.3) is 0 Å². The van der Waals surface area contributed by atoms with Crippen molar-refractivity contribution in [2.75, 3.05) is 25.0 Å². The maximum Gasteiger partial charge on any atom is 0.171 e. The van der Waals surface area contributed by atoms with E-state index < -0.39 is 0 Å². The summed E-state index contributed by atoms with van der Waals surface area (Å²) in [6, 6.07) is 16.7. The summed E-state index contributed by atoms with van der Waals surface area (Å²) in [5, 5.41) is 8.16. The molecular formula is C20H25ClN3S+. The average Bonchev–Trinajstić information content (AvgIpc) is 3.11. The number of aryl methyl sites for hydroxylation is 1. The number of hydrogen-bond acceptors (Lipinski definition) is 1. The molecule has 0 aromatic heterocycles. The molecule has 0 bridgehead atoms. The molecule has 5 heteroatoms. The highest BCUT2D eigenvalue weighted by Gasteiger charge is 2.28. The number of nitrogens with one attached hydrogen (secondary N) is 3. The molecule has 1 aliphatic rings. The van der Waals surface area contributed by atoms with Gasteiger partial charge in [0, 0.05) is 29.1 Å². The van der Waals surface area contributed by atoms with Gasteiger partial charge in [0.15, 0.2) is 5.11 Å². The minimum Gasteiger partial charge on any atom is -0.356 e. The van der Waals surface area contributed by atoms with Crippen LogP contribution in [0.15, 0.2) is 48.5 Å². The van der Waals surface area contributed by atoms with Gasteiger partial charge >= 0.3 is 0 Å². The summed E-state index contributed by atoms with van der Waals surface area (Å²) in [5.41, 5.74) is 3.43. The Morgan fingerprint density at radius 2 is 1.92 bits per heavy atom. The number of halogens is 1. The van der Waals surface area contributed by atoms with Crippen molar-refractivity contribution in [2.45, 2.75) is 25.8 Å². The lowest BCUT2D eigenvalue weighted by molar-refractivity contribution is -0.918. The molecule has 132 valence electrons. The molecule has 1 atom stereocenters. The van der Waals surface area contributed by atoms with Crippen LogP contribution in [0.2, 0.25) is 5.02 Å². The number of benzene rings is 2. The minimum atomic E-state index is 0.313. The lowest BCUT2D eigenvalue weighted by atomic mass is 10.1. The Hall–Kier alpha value is -1.62. The summed E-state index contributed by atoms with van der Waals surface area (Å²) in [6.07, 6.45) is 2.56. The fraction of sp³-hybridized carbons (Fsp3) is 0.350. The molecule has 0 aliphatic carbocycles. The van der Waals surface area contributed by atoms with Crippen molar-refractivity contribution in [3.8, 4) is 0 Å². The first kappa shape index (κ1) is 18.2. The average molecular weight is 375 g/mol. The molecule has 1 fully saturated rings. The monoisotopic (exact) mass is 374 g/mol. The van der Waals surface area contributed by atoms with E-state index in [0.717, 1.165) is 17.3 Å². The van der Waals surface area contributed by atoms with E-state index in [1.807, 2.05) is 24.3 Å². The van der Waals surface area contributed by atoms with Crippen LogP contribution in [-0.2, 0) is 0 Å². The van der Waals surface area contributed by atoms with Gasteiger partial charge in [0.2, 0.25) is 0 Å². The second-order valence-corrected chi connectivity index (χ2v) is 7.46. The molecule has 0 saturated carbocycles. The van der Waals surface area contributed by atoms with Crippen molar-refractivity contribution < 1.29 is 4.90 Å². The molecule has 1 aliphatic heterocycles. The molecule has 25 heavy (non-hydrogen) atoms. The maximum atomic E-state index is 6.47. The fourth-order valence-electron chi connectivity index (χ4n) is 3.50. The molecule has 0 radical (unpaired) electrons. The largest absolute Gasteiger partial charge is 0.356 e. The Morgan fingerprint density at radius 1 is 1.16 bits per heavy atom. The SMILES string of the molecule is Cc1cccc(NC(=S)NC[C@H](c2ccccc2Cl)[NH+]2CCCC2)c1. The van der Waals surface area contributed by atoms with Crippen molar-refractivity contribution in [3.05, 3.63) is 64.7 Å². The van der Waals surface area contributed by atoms with Crippen LogP contribution in [0.4, 0.5) is 5.69 Å². The third-order valence-electron chi connectivity index (χ3n) is 4.76. The van der Waals surface area contributed by atoms with Gasteiger partial charge in [-0.3, -0.25) is 0 Å². The fourth-order valence-corrected chi connectivity index (χ4v) is 3.97. The summed E-state index contributed by atoms with van der Waals surface area (Å²) in [7, 11) is 0. The Morgan fingerprint density at radius 3 is 2.64 bits per heavy atom. The van der Waals surface area contributed by atoms with Gasteiger partial charge in [-0.05, 0) is 42.9 Å². The molecule has 3 N–H and O–H groups in total. The molecule has 1 saturated heterocycles. The molecule has 3 rings (SSSR count). The standard InChI is InChI=1S/C20H24ClN3S/c1-15-7-6-8-16(13-15)23-20(25)22-14-19(24-11-4-5-12-24)17-9-2-3-10-18(17)21/h2-3,6-10,13,19H,4-5,11-12,14H2,1H3,(H2,22,23,25)/p+1/t19-/m1/s1. The van der Waals surface area contributed by atoms with Crippen LogP contribution in [0.25, 0.3) is 0 Å². The smallest absolute Gasteiger partial charge is 0.171 e. The third-order valence-corrected chi connectivity index (χ3v) is 5.35. The van der Waals surface area contributed by atoms with Crippen LogP contribution >= 0.6 is 23.8 Å². The second-order valence-electron chi connectivity index (χ2n) is 6.64. The van der Waals surface area contributed by atoms with E-state index in [-0.39, 0.29) is 0 Å². The van der Waals surface area contributed by atoms with E-state index in [1.54, 1.807) is 4.90 Å². The summed E-state index contributed by atoms with van der Waals surface area (Å²) in [4.78, 5) is 1.58. The van der Waals surface area contributed by atoms with Gasteiger partial charge in [0.05, 0.1) is 19.6 Å². The van der Waals surface area contributed by atoms with Crippen LogP contribution in [0.1, 0.15) is 30.0 Å². The van der Waals surface area contributed by atoms with E-state index in [1.165, 1.54) is 37.1 Å². The molecular weight excluding hydrogens is 350 g/mol. The van der Waals surface area contributed by atoms with Gasteiger partial charge in [-0.1, -0.05) is 41.9 Å². The zero-order chi connectivity index (χ0) is 17.6. The summed E-state index contributed by atoms with van der Waals surface area (Å²) in [6.45, 7) is 5.23. The number of anilines is 1. The number of hydrogen-bond donors (Lipinski definition) is 3. The van der Waals surface area contributed by atoms with E-state index in [2.05, 4.69) is 41.8 Å². The number of rotatable bonds is 5. The third kappa shape index (κ3) is 4.94. The van der Waals surface area contributed by atoms with E-state index in [9.17, 15) is 0 Å². The number of thiocarbonyl (C=S) groups is 1. The Labute approximate surface area is 160 Å². The van der Waals surface area contributed by atoms with Gasteiger partial charge in [-0.25, -0.2) is 0 Å². The number of quaternary nitrogens is 1. The quantitative estimate of drug-likeness (QED) is 0.701. The molecule has 0 unspecified atom stereocenters. The van der Waals surface area contributed by atoms with Crippen LogP contribution in [0.5, 0.6) is 0 Å². The van der Waals surface area contributed by atoms with Gasteiger partial charge in [-0.15, -0.1) is 0 Å². The van der Waals surface area contributed by atoms with Crippen LogP contribution in [0.3, 0.4) is 0 Å². The normalized spacial score (nSPS) is 15.8. The van der Waals surface area contributed by atoms with E-state index in [0.29, 0.717) is 11.2 Å². The van der Waals surface area contributed by atoms with Crippen molar-refractivity contribution >= 4 is 34.6 Å². The first-order chi connectivity index (χ1) is 12.1. The highest BCUT2D eigenvalue weighted by Crippen LogP contribution is 2.21. The first-order valence-electron chi connectivity index (χ1n) is 8.84. The summed E-state index contributed by atoms with van der Waals surface area (Å²) in [5.74, 6) is 0. The molecule has 2 aromatic carbocycles. The van der Waals surface area contributed by atoms with Crippen molar-refractivity contribution in [2.24, 2.45) is 0 Å². The predicted octanol–water partition coefficient (Wildman–Crippen LogP) is 3.35. The zero-order valence-corrected chi connectivity index (χ0v) is 16.1. The summed E-state index contributed by atoms with van der Waals surface area (Å²) < 4.78 is 0.